The first-order chi connectivity index (χ1) is 8.58. The Morgan fingerprint density at radius 1 is 1.44 bits per heavy atom. The monoisotopic (exact) mass is 282 g/mol. The molecule has 0 radical (unpaired) electrons. The van der Waals surface area contributed by atoms with E-state index < -0.39 is 6.10 Å². The predicted octanol–water partition coefficient (Wildman–Crippen LogP) is 3.33. The van der Waals surface area contributed by atoms with E-state index in [1.165, 1.54) is 4.88 Å². The van der Waals surface area contributed by atoms with Crippen LogP contribution >= 0.6 is 22.7 Å². The van der Waals surface area contributed by atoms with Gasteiger partial charge in [-0.05, 0) is 25.3 Å². The molecule has 0 saturated carbocycles. The predicted molar refractivity (Wildman–Crippen MR) is 78.6 cm³/mol. The number of thiophene rings is 1. The van der Waals surface area contributed by atoms with E-state index in [0.717, 1.165) is 16.4 Å². The zero-order chi connectivity index (χ0) is 13.1. The van der Waals surface area contributed by atoms with Crippen LogP contribution in [0.15, 0.2) is 23.7 Å². The van der Waals surface area contributed by atoms with Gasteiger partial charge in [0.15, 0.2) is 5.13 Å². The van der Waals surface area contributed by atoms with E-state index in [9.17, 15) is 5.11 Å². The molecule has 0 aliphatic carbocycles. The van der Waals surface area contributed by atoms with Gasteiger partial charge in [-0.15, -0.1) is 11.3 Å². The molecule has 5 heteroatoms. The van der Waals surface area contributed by atoms with Gasteiger partial charge in [0.2, 0.25) is 0 Å². The first kappa shape index (κ1) is 13.5. The molecule has 98 valence electrons. The van der Waals surface area contributed by atoms with Gasteiger partial charge >= 0.3 is 0 Å². The van der Waals surface area contributed by atoms with Gasteiger partial charge in [-0.25, -0.2) is 4.98 Å². The van der Waals surface area contributed by atoms with E-state index in [-0.39, 0.29) is 0 Å². The molecular weight excluding hydrogens is 264 g/mol. The first-order valence-electron chi connectivity index (χ1n) is 5.97. The second-order valence-electron chi connectivity index (χ2n) is 4.46. The van der Waals surface area contributed by atoms with Crippen LogP contribution in [0.3, 0.4) is 0 Å². The average molecular weight is 282 g/mol. The van der Waals surface area contributed by atoms with Crippen LogP contribution in [-0.2, 0) is 6.42 Å². The van der Waals surface area contributed by atoms with E-state index in [1.807, 2.05) is 0 Å². The molecule has 0 aliphatic heterocycles. The SMILES string of the molecule is CC(O)c1cnc(N(C)C(C)Cc2cccs2)s1. The number of nitrogens with zero attached hydrogens (tertiary/aromatic N) is 2. The van der Waals surface area contributed by atoms with Crippen molar-refractivity contribution < 1.29 is 5.11 Å². The lowest BCUT2D eigenvalue weighted by molar-refractivity contribution is 0.203. The van der Waals surface area contributed by atoms with Crippen molar-refractivity contribution in [1.82, 2.24) is 4.98 Å². The molecule has 3 nitrogen and oxygen atoms in total. The van der Waals surface area contributed by atoms with Crippen LogP contribution in [0.4, 0.5) is 5.13 Å². The van der Waals surface area contributed by atoms with Crippen LogP contribution in [0.5, 0.6) is 0 Å². The number of anilines is 1. The van der Waals surface area contributed by atoms with Gasteiger partial charge in [0.05, 0.1) is 11.0 Å². The van der Waals surface area contributed by atoms with Crippen molar-refractivity contribution in [1.29, 1.82) is 0 Å². The molecule has 0 bridgehead atoms. The molecular formula is C13H18N2OS2. The van der Waals surface area contributed by atoms with Gasteiger partial charge in [-0.3, -0.25) is 0 Å². The van der Waals surface area contributed by atoms with Crippen molar-refractivity contribution in [2.45, 2.75) is 32.4 Å². The summed E-state index contributed by atoms with van der Waals surface area (Å²) in [6.45, 7) is 3.97. The second-order valence-corrected chi connectivity index (χ2v) is 6.54. The smallest absolute Gasteiger partial charge is 0.185 e. The van der Waals surface area contributed by atoms with Crippen LogP contribution in [-0.4, -0.2) is 23.2 Å². The summed E-state index contributed by atoms with van der Waals surface area (Å²) >= 11 is 3.35. The minimum Gasteiger partial charge on any atom is -0.388 e. The van der Waals surface area contributed by atoms with E-state index in [4.69, 9.17) is 0 Å². The number of aliphatic hydroxyl groups excluding tert-OH is 1. The molecule has 0 spiro atoms. The fraction of sp³-hybridized carbons (Fsp3) is 0.462. The molecule has 2 atom stereocenters. The highest BCUT2D eigenvalue weighted by Gasteiger charge is 2.15. The summed E-state index contributed by atoms with van der Waals surface area (Å²) in [5, 5.41) is 12.6. The molecule has 2 aromatic heterocycles. The third-order valence-corrected chi connectivity index (χ3v) is 5.12. The lowest BCUT2D eigenvalue weighted by Crippen LogP contribution is -2.30. The average Bonchev–Trinajstić information content (AvgIpc) is 2.98. The quantitative estimate of drug-likeness (QED) is 0.914. The van der Waals surface area contributed by atoms with E-state index in [2.05, 4.69) is 41.4 Å². The van der Waals surface area contributed by atoms with E-state index in [0.29, 0.717) is 6.04 Å². The summed E-state index contributed by atoms with van der Waals surface area (Å²) in [7, 11) is 2.06. The second kappa shape index (κ2) is 5.82. The largest absolute Gasteiger partial charge is 0.388 e. The highest BCUT2D eigenvalue weighted by Crippen LogP contribution is 2.28. The van der Waals surface area contributed by atoms with Gasteiger partial charge in [-0.2, -0.15) is 0 Å². The van der Waals surface area contributed by atoms with Crippen LogP contribution in [0, 0.1) is 0 Å². The maximum absolute atomic E-state index is 9.52. The topological polar surface area (TPSA) is 36.4 Å². The summed E-state index contributed by atoms with van der Waals surface area (Å²) in [5.41, 5.74) is 0. The first-order valence-corrected chi connectivity index (χ1v) is 7.66. The molecule has 2 unspecified atom stereocenters. The number of rotatable bonds is 5. The number of thiazole rings is 1. The highest BCUT2D eigenvalue weighted by atomic mass is 32.1. The van der Waals surface area contributed by atoms with E-state index in [1.54, 1.807) is 35.8 Å². The zero-order valence-electron chi connectivity index (χ0n) is 10.8. The standard InChI is InChI=1S/C13H18N2OS2/c1-9(7-11-5-4-6-17-11)15(3)13-14-8-12(18-13)10(2)16/h4-6,8-10,16H,7H2,1-3H3. The molecule has 1 N–H and O–H groups in total. The minimum absolute atomic E-state index is 0.400. The molecule has 0 fully saturated rings. The van der Waals surface area contributed by atoms with Crippen molar-refractivity contribution >= 4 is 27.8 Å². The Labute approximate surface area is 116 Å². The van der Waals surface area contributed by atoms with Gasteiger partial charge in [0.1, 0.15) is 0 Å². The Balaban J connectivity index is 2.03. The third-order valence-electron chi connectivity index (χ3n) is 2.96. The normalized spacial score (nSPS) is 14.4. The van der Waals surface area contributed by atoms with Crippen LogP contribution in [0.2, 0.25) is 0 Å². The van der Waals surface area contributed by atoms with Crippen molar-refractivity contribution in [3.8, 4) is 0 Å². The molecule has 0 aromatic carbocycles. The molecule has 2 rings (SSSR count). The summed E-state index contributed by atoms with van der Waals surface area (Å²) in [5.74, 6) is 0. The van der Waals surface area contributed by atoms with Crippen molar-refractivity contribution in [3.63, 3.8) is 0 Å². The van der Waals surface area contributed by atoms with Gasteiger partial charge in [0.25, 0.3) is 0 Å². The fourth-order valence-corrected chi connectivity index (χ4v) is 3.42. The molecule has 2 heterocycles. The maximum atomic E-state index is 9.52. The number of aliphatic hydroxyl groups is 1. The number of hydrogen-bond donors (Lipinski definition) is 1. The molecule has 18 heavy (non-hydrogen) atoms. The molecule has 0 amide bonds. The Bertz CT molecular complexity index is 479. The van der Waals surface area contributed by atoms with Gasteiger partial charge in [-0.1, -0.05) is 17.4 Å². The zero-order valence-corrected chi connectivity index (χ0v) is 12.5. The molecule has 2 aromatic rings. The van der Waals surface area contributed by atoms with Crippen LogP contribution < -0.4 is 4.90 Å². The number of likely N-dealkylation sites (N-methyl/N-ethyl adjacent to an activating group) is 1. The third kappa shape index (κ3) is 3.10. The van der Waals surface area contributed by atoms with Crippen LogP contribution in [0.25, 0.3) is 0 Å². The Morgan fingerprint density at radius 3 is 2.78 bits per heavy atom. The summed E-state index contributed by atoms with van der Waals surface area (Å²) in [4.78, 5) is 8.86. The maximum Gasteiger partial charge on any atom is 0.185 e. The van der Waals surface area contributed by atoms with Crippen molar-refractivity contribution in [2.24, 2.45) is 0 Å². The molecule has 0 aliphatic rings. The molecule has 0 saturated heterocycles. The van der Waals surface area contributed by atoms with Crippen molar-refractivity contribution in [3.05, 3.63) is 33.5 Å². The Hall–Kier alpha value is -0.910. The summed E-state index contributed by atoms with van der Waals surface area (Å²) < 4.78 is 0. The van der Waals surface area contributed by atoms with Gasteiger partial charge < -0.3 is 10.0 Å². The lowest BCUT2D eigenvalue weighted by Gasteiger charge is -2.23. The van der Waals surface area contributed by atoms with Crippen molar-refractivity contribution in [2.75, 3.05) is 11.9 Å². The van der Waals surface area contributed by atoms with Crippen LogP contribution in [0.1, 0.15) is 29.7 Å². The number of aromatic nitrogens is 1. The Morgan fingerprint density at radius 2 is 2.22 bits per heavy atom. The van der Waals surface area contributed by atoms with Gasteiger partial charge in [0, 0.05) is 30.6 Å². The minimum atomic E-state index is -0.433. The highest BCUT2D eigenvalue weighted by molar-refractivity contribution is 7.15. The fourth-order valence-electron chi connectivity index (χ4n) is 1.68. The summed E-state index contributed by atoms with van der Waals surface area (Å²) in [6.07, 6.45) is 2.36. The van der Waals surface area contributed by atoms with E-state index >= 15 is 0 Å². The lowest BCUT2D eigenvalue weighted by atomic mass is 10.2. The summed E-state index contributed by atoms with van der Waals surface area (Å²) in [6, 6.07) is 4.65. The number of hydrogen-bond acceptors (Lipinski definition) is 5. The Kier molecular flexibility index (Phi) is 4.37.